The lowest BCUT2D eigenvalue weighted by molar-refractivity contribution is 0.104. The molecular weight excluding hydrogens is 242 g/mol. The third-order valence-electron chi connectivity index (χ3n) is 1.93. The summed E-state index contributed by atoms with van der Waals surface area (Å²) in [5.41, 5.74) is -0.352. The second kappa shape index (κ2) is 8.91. The molecule has 0 fully saturated rings. The quantitative estimate of drug-likeness (QED) is 0.722. The Balaban J connectivity index is 2.95. The number of aliphatic hydroxyl groups excluding tert-OH is 1. The Morgan fingerprint density at radius 2 is 2.16 bits per heavy atom. The van der Waals surface area contributed by atoms with E-state index in [1.54, 1.807) is 0 Å². The molecule has 0 spiro atoms. The third-order valence-corrected chi connectivity index (χ3v) is 1.93. The van der Waals surface area contributed by atoms with Crippen molar-refractivity contribution in [2.24, 2.45) is 0 Å². The molecule has 2 N–H and O–H groups in total. The van der Waals surface area contributed by atoms with E-state index in [-0.39, 0.29) is 11.3 Å². The molecule has 1 aromatic rings. The summed E-state index contributed by atoms with van der Waals surface area (Å²) < 4.78 is 121. The van der Waals surface area contributed by atoms with Crippen molar-refractivity contribution in [3.05, 3.63) is 29.8 Å². The minimum absolute atomic E-state index is 0.246. The van der Waals surface area contributed by atoms with Gasteiger partial charge in [-0.25, -0.2) is 0 Å². The van der Waals surface area contributed by atoms with Crippen molar-refractivity contribution in [3.8, 4) is 5.75 Å². The van der Waals surface area contributed by atoms with Crippen molar-refractivity contribution in [3.63, 3.8) is 0 Å². The van der Waals surface area contributed by atoms with E-state index in [1.807, 2.05) is 0 Å². The highest BCUT2D eigenvalue weighted by Crippen LogP contribution is 2.12. The number of benzene rings is 1. The van der Waals surface area contributed by atoms with Crippen molar-refractivity contribution in [1.29, 1.82) is 0 Å². The fraction of sp³-hybridized carbons (Fsp3) is 0.600. The molecule has 0 radical (unpaired) electrons. The van der Waals surface area contributed by atoms with Crippen LogP contribution in [-0.2, 0) is 11.1 Å². The van der Waals surface area contributed by atoms with Gasteiger partial charge in [0, 0.05) is 30.6 Å². The zero-order chi connectivity index (χ0) is 27.0. The number of ether oxygens (including phenoxy) is 2. The van der Waals surface area contributed by atoms with E-state index in [9.17, 15) is 5.11 Å². The molecule has 1 rings (SSSR count). The van der Waals surface area contributed by atoms with E-state index in [4.69, 9.17) is 25.3 Å². The highest BCUT2D eigenvalue weighted by molar-refractivity contribution is 5.27. The van der Waals surface area contributed by atoms with Crippen LogP contribution in [0.2, 0.25) is 0 Å². The summed E-state index contributed by atoms with van der Waals surface area (Å²) in [7, 11) is -3.21. The Morgan fingerprint density at radius 1 is 1.37 bits per heavy atom. The van der Waals surface area contributed by atoms with E-state index in [0.717, 1.165) is 24.3 Å². The van der Waals surface area contributed by atoms with E-state index in [1.165, 1.54) is 0 Å². The normalized spacial score (nSPS) is 28.6. The Hall–Kier alpha value is -1.10. The van der Waals surface area contributed by atoms with Gasteiger partial charge in [0.25, 0.3) is 0 Å². The molecule has 0 saturated carbocycles. The fourth-order valence-corrected chi connectivity index (χ4v) is 1.10. The van der Waals surface area contributed by atoms with Crippen LogP contribution >= 0.6 is 0 Å². The first-order valence-corrected chi connectivity index (χ1v) is 5.31. The van der Waals surface area contributed by atoms with Crippen LogP contribution in [0, 0.1) is 0 Å². The van der Waals surface area contributed by atoms with Crippen LogP contribution in [0.5, 0.6) is 5.75 Å². The summed E-state index contributed by atoms with van der Waals surface area (Å²) in [5, 5.41) is 12.2. The van der Waals surface area contributed by atoms with E-state index in [0.29, 0.717) is 0 Å². The van der Waals surface area contributed by atoms with Crippen LogP contribution in [-0.4, -0.2) is 44.0 Å². The maximum atomic E-state index is 10.1. The highest BCUT2D eigenvalue weighted by Gasteiger charge is 2.05. The second-order valence-electron chi connectivity index (χ2n) is 3.43. The lowest BCUT2D eigenvalue weighted by atomic mass is 10.1. The van der Waals surface area contributed by atoms with Gasteiger partial charge in [0.1, 0.15) is 18.4 Å². The highest BCUT2D eigenvalue weighted by atomic mass is 16.5. The Labute approximate surface area is 136 Å². The molecule has 4 nitrogen and oxygen atoms in total. The van der Waals surface area contributed by atoms with Gasteiger partial charge in [-0.2, -0.15) is 0 Å². The molecule has 0 aliphatic rings. The van der Waals surface area contributed by atoms with Crippen LogP contribution < -0.4 is 10.1 Å². The van der Waals surface area contributed by atoms with Crippen molar-refractivity contribution >= 4 is 0 Å². The standard InChI is InChI=1S/C15H25NO3/c1-12(2)16-10-14(17)11-19-15-6-4-13(5-7-15)8-9-18-3/h4-7,12,14,16-17H,8-11H2,1-3H3/i1D3,2D3,3D3,8D2,9D2,11D2. The van der Waals surface area contributed by atoms with Gasteiger partial charge in [0.15, 0.2) is 0 Å². The fourth-order valence-electron chi connectivity index (χ4n) is 1.10. The molecule has 0 heterocycles. The number of nitrogens with one attached hydrogen (secondary N) is 1. The van der Waals surface area contributed by atoms with Crippen molar-refractivity contribution in [1.82, 2.24) is 5.32 Å². The maximum absolute atomic E-state index is 10.1. The van der Waals surface area contributed by atoms with Gasteiger partial charge in [-0.1, -0.05) is 25.8 Å². The van der Waals surface area contributed by atoms with E-state index >= 15 is 0 Å². The molecule has 0 bridgehead atoms. The van der Waals surface area contributed by atoms with Crippen molar-refractivity contribution in [2.45, 2.75) is 32.2 Å². The summed E-state index contributed by atoms with van der Waals surface area (Å²) in [5.74, 6) is -0.246. The van der Waals surface area contributed by atoms with Crippen molar-refractivity contribution in [2.75, 3.05) is 26.7 Å². The van der Waals surface area contributed by atoms with Gasteiger partial charge >= 0.3 is 0 Å². The Morgan fingerprint density at radius 3 is 2.84 bits per heavy atom. The molecule has 1 atom stereocenters. The molecular formula is C15H25NO3. The monoisotopic (exact) mass is 282 g/mol. The van der Waals surface area contributed by atoms with Gasteiger partial charge < -0.3 is 19.9 Å². The van der Waals surface area contributed by atoms with Crippen LogP contribution in [0.15, 0.2) is 24.3 Å². The zero-order valence-electron chi connectivity index (χ0n) is 24.9. The zero-order valence-corrected chi connectivity index (χ0v) is 9.93. The predicted molar refractivity (Wildman–Crippen MR) is 76.7 cm³/mol. The lowest BCUT2D eigenvalue weighted by Crippen LogP contribution is -2.35. The third kappa shape index (κ3) is 7.15. The summed E-state index contributed by atoms with van der Waals surface area (Å²) in [6.07, 6.45) is -4.95. The summed E-state index contributed by atoms with van der Waals surface area (Å²) in [6.45, 7) is -12.8. The topological polar surface area (TPSA) is 50.7 Å². The second-order valence-corrected chi connectivity index (χ2v) is 3.43. The number of hydrogen-bond donors (Lipinski definition) is 2. The molecule has 0 saturated heterocycles. The average molecular weight is 282 g/mol. The molecule has 0 aromatic heterocycles. The SMILES string of the molecule is [2H]C([2H])([2H])OC([2H])([2H])C([2H])([2H])c1ccc(OC([2H])([2H])C(O)CNC(C([2H])([2H])[2H])C([2H])([2H])[2H])cc1. The first kappa shape index (κ1) is 4.72. The predicted octanol–water partition coefficient (Wildman–Crippen LogP) is 1.61. The molecule has 0 amide bonds. The Kier molecular flexibility index (Phi) is 2.21. The Bertz CT molecular complexity index is 787. The smallest absolute Gasteiger partial charge is 0.119 e. The minimum atomic E-state index is -3.25. The van der Waals surface area contributed by atoms with Gasteiger partial charge in [-0.3, -0.25) is 0 Å². The average Bonchev–Trinajstić information content (AvgIpc) is 2.57. The van der Waals surface area contributed by atoms with Crippen LogP contribution in [0.25, 0.3) is 0 Å². The van der Waals surface area contributed by atoms with Gasteiger partial charge in [0.05, 0.1) is 16.2 Å². The number of hydrogen-bond acceptors (Lipinski definition) is 4. The molecule has 108 valence electrons. The molecule has 1 aromatic carbocycles. The van der Waals surface area contributed by atoms with Crippen LogP contribution in [0.3, 0.4) is 0 Å². The molecule has 4 heteroatoms. The molecule has 0 aliphatic heterocycles. The number of rotatable bonds is 9. The number of aliphatic hydroxyl groups is 1. The van der Waals surface area contributed by atoms with Crippen LogP contribution in [0.1, 0.15) is 39.8 Å². The summed E-state index contributed by atoms with van der Waals surface area (Å²) >= 11 is 0. The molecule has 1 unspecified atom stereocenters. The molecule has 19 heavy (non-hydrogen) atoms. The van der Waals surface area contributed by atoms with Gasteiger partial charge in [-0.05, 0) is 24.1 Å². The van der Waals surface area contributed by atoms with Gasteiger partial charge in [-0.15, -0.1) is 0 Å². The van der Waals surface area contributed by atoms with E-state index < -0.39 is 58.9 Å². The lowest BCUT2D eigenvalue weighted by Gasteiger charge is -2.15. The first-order chi connectivity index (χ1) is 14.9. The summed E-state index contributed by atoms with van der Waals surface area (Å²) in [4.78, 5) is 0. The summed E-state index contributed by atoms with van der Waals surface area (Å²) in [6, 6.07) is 2.03. The largest absolute Gasteiger partial charge is 0.491 e. The van der Waals surface area contributed by atoms with E-state index in [2.05, 4.69) is 10.1 Å². The number of aryl methyl sites for hydroxylation is 1. The van der Waals surface area contributed by atoms with Crippen molar-refractivity contribution < 1.29 is 35.1 Å². The number of methoxy groups -OCH3 is 1. The maximum Gasteiger partial charge on any atom is 0.119 e. The van der Waals surface area contributed by atoms with Gasteiger partial charge in [0.2, 0.25) is 0 Å². The molecule has 0 aliphatic carbocycles. The van der Waals surface area contributed by atoms with Crippen LogP contribution in [0.4, 0.5) is 0 Å². The minimum Gasteiger partial charge on any atom is -0.491 e. The first-order valence-electron chi connectivity index (χ1n) is 12.8.